The molecule has 0 aliphatic carbocycles. The minimum absolute atomic E-state index is 0.0756. The van der Waals surface area contributed by atoms with Crippen LogP contribution in [0.25, 0.3) is 0 Å². The monoisotopic (exact) mass is 473 g/mol. The van der Waals surface area contributed by atoms with Crippen molar-refractivity contribution < 1.29 is 9.53 Å². The average Bonchev–Trinajstić information content (AvgIpc) is 3.10. The molecule has 0 bridgehead atoms. The van der Waals surface area contributed by atoms with Crippen LogP contribution in [0.4, 0.5) is 5.13 Å². The van der Waals surface area contributed by atoms with Crippen LogP contribution < -0.4 is 10.1 Å². The highest BCUT2D eigenvalue weighted by Crippen LogP contribution is 2.35. The van der Waals surface area contributed by atoms with Crippen LogP contribution in [0.1, 0.15) is 61.6 Å². The lowest BCUT2D eigenvalue weighted by Crippen LogP contribution is -2.12. The Morgan fingerprint density at radius 2 is 2.04 bits per heavy atom. The second-order valence-electron chi connectivity index (χ2n) is 6.40. The number of nitrogens with zero attached hydrogens (tertiary/aromatic N) is 2. The van der Waals surface area contributed by atoms with E-state index in [1.165, 1.54) is 11.3 Å². The van der Waals surface area contributed by atoms with E-state index in [9.17, 15) is 4.79 Å². The molecule has 1 aromatic carbocycles. The van der Waals surface area contributed by atoms with Crippen LogP contribution in [0.5, 0.6) is 5.75 Å². The predicted octanol–water partition coefficient (Wildman–Crippen LogP) is 6.27. The number of ether oxygens (including phenoxy) is 1. The zero-order valence-corrected chi connectivity index (χ0v) is 19.2. The van der Waals surface area contributed by atoms with Gasteiger partial charge in [-0.05, 0) is 66.2 Å². The SMILES string of the molecule is CCC(CC)c1nnc(NC(=O)CCCOc2cc(C)c(Cl)c(C)c2Br)s1. The van der Waals surface area contributed by atoms with Crippen molar-refractivity contribution in [1.82, 2.24) is 10.2 Å². The number of anilines is 1. The number of halogens is 2. The van der Waals surface area contributed by atoms with Gasteiger partial charge in [0.2, 0.25) is 11.0 Å². The average molecular weight is 475 g/mol. The summed E-state index contributed by atoms with van der Waals surface area (Å²) in [6.07, 6.45) is 3.02. The molecule has 0 atom stereocenters. The Bertz CT molecular complexity index is 794. The minimum atomic E-state index is -0.0756. The third-order valence-electron chi connectivity index (χ3n) is 4.40. The molecule has 2 aromatic rings. The maximum absolute atomic E-state index is 12.1. The Kier molecular flexibility index (Phi) is 8.51. The van der Waals surface area contributed by atoms with Gasteiger partial charge in [-0.3, -0.25) is 4.79 Å². The summed E-state index contributed by atoms with van der Waals surface area (Å²) in [5.41, 5.74) is 1.92. The van der Waals surface area contributed by atoms with Gasteiger partial charge in [0.1, 0.15) is 10.8 Å². The van der Waals surface area contributed by atoms with E-state index in [4.69, 9.17) is 16.3 Å². The van der Waals surface area contributed by atoms with Crippen LogP contribution in [-0.2, 0) is 4.79 Å². The summed E-state index contributed by atoms with van der Waals surface area (Å²) in [5, 5.41) is 13.4. The minimum Gasteiger partial charge on any atom is -0.492 e. The molecule has 148 valence electrons. The van der Waals surface area contributed by atoms with E-state index >= 15 is 0 Å². The van der Waals surface area contributed by atoms with Gasteiger partial charge in [-0.2, -0.15) is 0 Å². The molecule has 0 saturated heterocycles. The number of hydrogen-bond donors (Lipinski definition) is 1. The lowest BCUT2D eigenvalue weighted by molar-refractivity contribution is -0.116. The highest BCUT2D eigenvalue weighted by molar-refractivity contribution is 9.10. The molecule has 0 fully saturated rings. The topological polar surface area (TPSA) is 64.1 Å². The lowest BCUT2D eigenvalue weighted by Gasteiger charge is -2.13. The van der Waals surface area contributed by atoms with Gasteiger partial charge >= 0.3 is 0 Å². The summed E-state index contributed by atoms with van der Waals surface area (Å²) in [7, 11) is 0. The first kappa shape index (κ1) is 22.1. The van der Waals surface area contributed by atoms with E-state index in [0.29, 0.717) is 30.5 Å². The molecular weight excluding hydrogens is 450 g/mol. The third-order valence-corrected chi connectivity index (χ3v) is 6.96. The van der Waals surface area contributed by atoms with E-state index in [2.05, 4.69) is 45.3 Å². The van der Waals surface area contributed by atoms with E-state index in [1.54, 1.807) is 0 Å². The summed E-state index contributed by atoms with van der Waals surface area (Å²) in [5.74, 6) is 1.08. The molecule has 1 aromatic heterocycles. The summed E-state index contributed by atoms with van der Waals surface area (Å²) in [6, 6.07) is 1.90. The van der Waals surface area contributed by atoms with Crippen LogP contribution in [-0.4, -0.2) is 22.7 Å². The molecule has 1 N–H and O–H groups in total. The number of nitrogens with one attached hydrogen (secondary N) is 1. The van der Waals surface area contributed by atoms with Crippen molar-refractivity contribution in [2.45, 2.75) is 59.3 Å². The van der Waals surface area contributed by atoms with Crippen LogP contribution in [0, 0.1) is 13.8 Å². The molecule has 0 aliphatic heterocycles. The van der Waals surface area contributed by atoms with E-state index in [1.807, 2.05) is 19.9 Å². The van der Waals surface area contributed by atoms with Crippen molar-refractivity contribution in [2.24, 2.45) is 0 Å². The van der Waals surface area contributed by atoms with Gasteiger partial charge in [0, 0.05) is 17.4 Å². The Morgan fingerprint density at radius 3 is 2.70 bits per heavy atom. The Hall–Kier alpha value is -1.18. The van der Waals surface area contributed by atoms with Crippen molar-refractivity contribution in [3.8, 4) is 5.75 Å². The second kappa shape index (κ2) is 10.4. The van der Waals surface area contributed by atoms with Gasteiger partial charge in [0.15, 0.2) is 0 Å². The summed E-state index contributed by atoms with van der Waals surface area (Å²) in [6.45, 7) is 8.60. The van der Waals surface area contributed by atoms with Crippen molar-refractivity contribution in [3.05, 3.63) is 31.7 Å². The van der Waals surface area contributed by atoms with Gasteiger partial charge in [0.25, 0.3) is 0 Å². The Morgan fingerprint density at radius 1 is 1.33 bits per heavy atom. The molecule has 0 saturated carbocycles. The Balaban J connectivity index is 1.80. The number of hydrogen-bond acceptors (Lipinski definition) is 5. The molecule has 0 unspecified atom stereocenters. The highest BCUT2D eigenvalue weighted by Gasteiger charge is 2.15. The van der Waals surface area contributed by atoms with Gasteiger partial charge in [-0.15, -0.1) is 10.2 Å². The largest absolute Gasteiger partial charge is 0.492 e. The maximum Gasteiger partial charge on any atom is 0.226 e. The molecular formula is C19H25BrClN3O2S. The zero-order valence-electron chi connectivity index (χ0n) is 16.1. The quantitative estimate of drug-likeness (QED) is 0.435. The molecule has 1 heterocycles. The third kappa shape index (κ3) is 5.90. The molecule has 0 spiro atoms. The summed E-state index contributed by atoms with van der Waals surface area (Å²) < 4.78 is 6.66. The summed E-state index contributed by atoms with van der Waals surface area (Å²) in [4.78, 5) is 12.1. The number of amides is 1. The van der Waals surface area contributed by atoms with Crippen molar-refractivity contribution in [3.63, 3.8) is 0 Å². The van der Waals surface area contributed by atoms with E-state index in [-0.39, 0.29) is 5.91 Å². The predicted molar refractivity (Wildman–Crippen MR) is 115 cm³/mol. The number of benzene rings is 1. The Labute approximate surface area is 178 Å². The summed E-state index contributed by atoms with van der Waals surface area (Å²) >= 11 is 11.2. The molecule has 8 heteroatoms. The second-order valence-corrected chi connectivity index (χ2v) is 8.58. The van der Waals surface area contributed by atoms with E-state index < -0.39 is 0 Å². The van der Waals surface area contributed by atoms with Gasteiger partial charge in [-0.1, -0.05) is 36.8 Å². The van der Waals surface area contributed by atoms with Gasteiger partial charge in [-0.25, -0.2) is 0 Å². The fraction of sp³-hybridized carbons (Fsp3) is 0.526. The van der Waals surface area contributed by atoms with Crippen LogP contribution >= 0.6 is 38.9 Å². The van der Waals surface area contributed by atoms with Crippen molar-refractivity contribution >= 4 is 49.9 Å². The number of aromatic nitrogens is 2. The molecule has 2 rings (SSSR count). The van der Waals surface area contributed by atoms with Gasteiger partial charge in [0.05, 0.1) is 11.1 Å². The fourth-order valence-electron chi connectivity index (χ4n) is 2.69. The van der Waals surface area contributed by atoms with Crippen LogP contribution in [0.2, 0.25) is 5.02 Å². The number of aryl methyl sites for hydroxylation is 1. The standard InChI is InChI=1S/C19H25BrClN3O2S/c1-5-13(6-2)18-23-24-19(27-18)22-15(25)8-7-9-26-14-10-11(3)17(21)12(4)16(14)20/h10,13H,5-9H2,1-4H3,(H,22,24,25). The first-order chi connectivity index (χ1) is 12.9. The molecule has 0 radical (unpaired) electrons. The fourth-order valence-corrected chi connectivity index (χ4v) is 4.41. The zero-order chi connectivity index (χ0) is 20.0. The normalized spacial score (nSPS) is 11.1. The molecule has 5 nitrogen and oxygen atoms in total. The number of rotatable bonds is 9. The van der Waals surface area contributed by atoms with E-state index in [0.717, 1.165) is 44.2 Å². The number of carbonyl (C=O) groups excluding carboxylic acids is 1. The van der Waals surface area contributed by atoms with Crippen LogP contribution in [0.15, 0.2) is 10.5 Å². The smallest absolute Gasteiger partial charge is 0.226 e. The highest BCUT2D eigenvalue weighted by atomic mass is 79.9. The number of carbonyl (C=O) groups is 1. The molecule has 1 amide bonds. The van der Waals surface area contributed by atoms with Crippen LogP contribution in [0.3, 0.4) is 0 Å². The lowest BCUT2D eigenvalue weighted by atomic mass is 10.1. The first-order valence-electron chi connectivity index (χ1n) is 9.08. The first-order valence-corrected chi connectivity index (χ1v) is 11.1. The molecule has 27 heavy (non-hydrogen) atoms. The van der Waals surface area contributed by atoms with Crippen molar-refractivity contribution in [1.29, 1.82) is 0 Å². The maximum atomic E-state index is 12.1. The van der Waals surface area contributed by atoms with Gasteiger partial charge < -0.3 is 10.1 Å². The van der Waals surface area contributed by atoms with Crippen molar-refractivity contribution in [2.75, 3.05) is 11.9 Å². The molecule has 0 aliphatic rings.